The van der Waals surface area contributed by atoms with Crippen LogP contribution in [0.5, 0.6) is 0 Å². The number of Topliss-reactive ketones (excluding diaryl/α,β-unsaturated/α-hetero) is 1. The molecule has 92 valence electrons. The lowest BCUT2D eigenvalue weighted by molar-refractivity contribution is 0.101. The van der Waals surface area contributed by atoms with E-state index in [0.717, 1.165) is 34.4 Å². The molecule has 0 unspecified atom stereocenters. The van der Waals surface area contributed by atoms with Crippen LogP contribution in [0.2, 0.25) is 0 Å². The van der Waals surface area contributed by atoms with Gasteiger partial charge in [-0.1, -0.05) is 48.5 Å². The molecule has 2 heteroatoms. The van der Waals surface area contributed by atoms with Gasteiger partial charge in [-0.2, -0.15) is 12.6 Å². The molecular formula is C16H16OS. The van der Waals surface area contributed by atoms with Gasteiger partial charge < -0.3 is 0 Å². The summed E-state index contributed by atoms with van der Waals surface area (Å²) in [6.07, 6.45) is 0.818. The maximum atomic E-state index is 11.9. The van der Waals surface area contributed by atoms with Crippen LogP contribution in [0.15, 0.2) is 48.5 Å². The normalized spacial score (nSPS) is 10.3. The molecule has 0 aliphatic heterocycles. The van der Waals surface area contributed by atoms with Gasteiger partial charge in [0.1, 0.15) is 0 Å². The van der Waals surface area contributed by atoms with E-state index in [2.05, 4.69) is 12.6 Å². The largest absolute Gasteiger partial charge is 0.294 e. The van der Waals surface area contributed by atoms with Gasteiger partial charge in [0.05, 0.1) is 0 Å². The Labute approximate surface area is 113 Å². The summed E-state index contributed by atoms with van der Waals surface area (Å²) in [7, 11) is 0. The van der Waals surface area contributed by atoms with Crippen molar-refractivity contribution in [3.63, 3.8) is 0 Å². The van der Waals surface area contributed by atoms with E-state index >= 15 is 0 Å². The molecule has 18 heavy (non-hydrogen) atoms. The summed E-state index contributed by atoms with van der Waals surface area (Å²) in [6, 6.07) is 16.1. The van der Waals surface area contributed by atoms with Crippen LogP contribution in [0, 0.1) is 0 Å². The van der Waals surface area contributed by atoms with Crippen molar-refractivity contribution >= 4 is 18.4 Å². The van der Waals surface area contributed by atoms with Crippen molar-refractivity contribution in [2.24, 2.45) is 0 Å². The Hall–Kier alpha value is -1.54. The van der Waals surface area contributed by atoms with Gasteiger partial charge in [0.2, 0.25) is 0 Å². The number of ketones is 1. The second-order valence-corrected chi connectivity index (χ2v) is 4.68. The molecule has 0 N–H and O–H groups in total. The van der Waals surface area contributed by atoms with E-state index in [-0.39, 0.29) is 5.78 Å². The fourth-order valence-corrected chi connectivity index (χ4v) is 2.44. The molecule has 0 spiro atoms. The van der Waals surface area contributed by atoms with Crippen LogP contribution in [0.25, 0.3) is 11.1 Å². The number of carbonyl (C=O) groups excluding carboxylic acids is 1. The third-order valence-corrected chi connectivity index (χ3v) is 3.19. The Morgan fingerprint density at radius 1 is 1.06 bits per heavy atom. The van der Waals surface area contributed by atoms with Crippen LogP contribution in [-0.4, -0.2) is 11.5 Å². The Morgan fingerprint density at radius 3 is 2.39 bits per heavy atom. The average Bonchev–Trinajstić information content (AvgIpc) is 2.39. The number of aryl methyl sites for hydroxylation is 1. The number of carbonyl (C=O) groups is 1. The van der Waals surface area contributed by atoms with Crippen LogP contribution in [-0.2, 0) is 6.42 Å². The molecule has 1 nitrogen and oxygen atoms in total. The van der Waals surface area contributed by atoms with Crippen LogP contribution < -0.4 is 0 Å². The lowest BCUT2D eigenvalue weighted by Crippen LogP contribution is -2.03. The summed E-state index contributed by atoms with van der Waals surface area (Å²) in [5, 5.41) is 0. The Bertz CT molecular complexity index is 546. The first-order chi connectivity index (χ1) is 8.74. The molecular weight excluding hydrogens is 240 g/mol. The summed E-state index contributed by atoms with van der Waals surface area (Å²) in [5.74, 6) is 0.865. The SMILES string of the molecule is CC(=O)c1c(CCS)cccc1-c1ccccc1. The third-order valence-electron chi connectivity index (χ3n) is 2.97. The molecule has 0 saturated carbocycles. The molecule has 0 fully saturated rings. The molecule has 0 bridgehead atoms. The Morgan fingerprint density at radius 2 is 1.78 bits per heavy atom. The van der Waals surface area contributed by atoms with Gasteiger partial charge in [-0.25, -0.2) is 0 Å². The molecule has 0 saturated heterocycles. The lowest BCUT2D eigenvalue weighted by Gasteiger charge is -2.12. The first-order valence-corrected chi connectivity index (χ1v) is 6.66. The number of thiol groups is 1. The van der Waals surface area contributed by atoms with Gasteiger partial charge in [-0.3, -0.25) is 4.79 Å². The van der Waals surface area contributed by atoms with Gasteiger partial charge in [0.25, 0.3) is 0 Å². The minimum atomic E-state index is 0.117. The lowest BCUT2D eigenvalue weighted by atomic mass is 9.92. The van der Waals surface area contributed by atoms with Crippen molar-refractivity contribution in [2.45, 2.75) is 13.3 Å². The highest BCUT2D eigenvalue weighted by Gasteiger charge is 2.13. The van der Waals surface area contributed by atoms with Crippen LogP contribution in [0.4, 0.5) is 0 Å². The molecule has 0 heterocycles. The van der Waals surface area contributed by atoms with Gasteiger partial charge in [-0.15, -0.1) is 0 Å². The van der Waals surface area contributed by atoms with Gasteiger partial charge in [0, 0.05) is 5.56 Å². The van der Waals surface area contributed by atoms with E-state index in [1.165, 1.54) is 0 Å². The summed E-state index contributed by atoms with van der Waals surface area (Å²) >= 11 is 4.26. The zero-order valence-electron chi connectivity index (χ0n) is 10.4. The molecule has 0 amide bonds. The van der Waals surface area contributed by atoms with Crippen molar-refractivity contribution in [3.8, 4) is 11.1 Å². The van der Waals surface area contributed by atoms with Crippen molar-refractivity contribution in [1.29, 1.82) is 0 Å². The maximum Gasteiger partial charge on any atom is 0.160 e. The van der Waals surface area contributed by atoms with E-state index in [4.69, 9.17) is 0 Å². The highest BCUT2D eigenvalue weighted by molar-refractivity contribution is 7.80. The number of hydrogen-bond acceptors (Lipinski definition) is 2. The molecule has 0 aliphatic rings. The van der Waals surface area contributed by atoms with E-state index in [9.17, 15) is 4.79 Å². The average molecular weight is 256 g/mol. The third kappa shape index (κ3) is 2.65. The topological polar surface area (TPSA) is 17.1 Å². The van der Waals surface area contributed by atoms with Gasteiger partial charge >= 0.3 is 0 Å². The molecule has 2 rings (SSSR count). The highest BCUT2D eigenvalue weighted by atomic mass is 32.1. The Kier molecular flexibility index (Phi) is 4.21. The molecule has 0 radical (unpaired) electrons. The summed E-state index contributed by atoms with van der Waals surface area (Å²) in [5.41, 5.74) is 4.02. The minimum Gasteiger partial charge on any atom is -0.294 e. The molecule has 0 atom stereocenters. The first kappa shape index (κ1) is 12.9. The fraction of sp³-hybridized carbons (Fsp3) is 0.188. The van der Waals surface area contributed by atoms with E-state index in [1.54, 1.807) is 6.92 Å². The Balaban J connectivity index is 2.60. The van der Waals surface area contributed by atoms with Crippen molar-refractivity contribution in [2.75, 3.05) is 5.75 Å². The first-order valence-electron chi connectivity index (χ1n) is 6.03. The van der Waals surface area contributed by atoms with Gasteiger partial charge in [-0.05, 0) is 35.8 Å². The monoisotopic (exact) mass is 256 g/mol. The molecule has 2 aromatic carbocycles. The fourth-order valence-electron chi connectivity index (χ4n) is 2.20. The molecule has 0 aromatic heterocycles. The number of hydrogen-bond donors (Lipinski definition) is 1. The van der Waals surface area contributed by atoms with Crippen molar-refractivity contribution in [3.05, 3.63) is 59.7 Å². The predicted molar refractivity (Wildman–Crippen MR) is 79.4 cm³/mol. The summed E-state index contributed by atoms with van der Waals surface area (Å²) in [4.78, 5) is 11.9. The van der Waals surface area contributed by atoms with E-state index < -0.39 is 0 Å². The van der Waals surface area contributed by atoms with Crippen molar-refractivity contribution < 1.29 is 4.79 Å². The minimum absolute atomic E-state index is 0.117. The molecule has 2 aromatic rings. The zero-order chi connectivity index (χ0) is 13.0. The summed E-state index contributed by atoms with van der Waals surface area (Å²) in [6.45, 7) is 1.63. The standard InChI is InChI=1S/C16H16OS/c1-12(17)16-14(10-11-18)8-5-9-15(16)13-6-3-2-4-7-13/h2-9,18H,10-11H2,1H3. The highest BCUT2D eigenvalue weighted by Crippen LogP contribution is 2.27. The van der Waals surface area contributed by atoms with Crippen LogP contribution >= 0.6 is 12.6 Å². The quantitative estimate of drug-likeness (QED) is 0.645. The van der Waals surface area contributed by atoms with E-state index in [0.29, 0.717) is 0 Å². The van der Waals surface area contributed by atoms with E-state index in [1.807, 2.05) is 48.5 Å². The maximum absolute atomic E-state index is 11.9. The van der Waals surface area contributed by atoms with Crippen LogP contribution in [0.3, 0.4) is 0 Å². The zero-order valence-corrected chi connectivity index (χ0v) is 11.3. The second kappa shape index (κ2) is 5.87. The van der Waals surface area contributed by atoms with Gasteiger partial charge in [0.15, 0.2) is 5.78 Å². The second-order valence-electron chi connectivity index (χ2n) is 4.24. The smallest absolute Gasteiger partial charge is 0.160 e. The number of rotatable bonds is 4. The summed E-state index contributed by atoms with van der Waals surface area (Å²) < 4.78 is 0. The predicted octanol–water partition coefficient (Wildman–Crippen LogP) is 4.03. The number of benzene rings is 2. The molecule has 0 aliphatic carbocycles. The van der Waals surface area contributed by atoms with Crippen molar-refractivity contribution in [1.82, 2.24) is 0 Å². The van der Waals surface area contributed by atoms with Crippen LogP contribution in [0.1, 0.15) is 22.8 Å².